The molecule has 0 aromatic heterocycles. The summed E-state index contributed by atoms with van der Waals surface area (Å²) in [5.41, 5.74) is 6.37. The summed E-state index contributed by atoms with van der Waals surface area (Å²) in [7, 11) is -5.57. The number of hydrogen-bond donors (Lipinski definition) is 2. The van der Waals surface area contributed by atoms with Gasteiger partial charge in [0.15, 0.2) is 9.84 Å². The second-order valence-corrected chi connectivity index (χ2v) is 7.92. The molecule has 0 bridgehead atoms. The van der Waals surface area contributed by atoms with Gasteiger partial charge in [-0.2, -0.15) is 8.42 Å². The maximum absolute atomic E-state index is 10.6. The van der Waals surface area contributed by atoms with E-state index in [1.165, 1.54) is 25.3 Å². The highest BCUT2D eigenvalue weighted by atomic mass is 32.2. The monoisotopic (exact) mass is 351 g/mol. The van der Waals surface area contributed by atoms with Gasteiger partial charge in [0, 0.05) is 24.8 Å². The molecule has 0 fully saturated rings. The van der Waals surface area contributed by atoms with E-state index in [4.69, 9.17) is 15.0 Å². The summed E-state index contributed by atoms with van der Waals surface area (Å²) in [6.07, 6.45) is 2.52. The first-order valence-electron chi connectivity index (χ1n) is 6.12. The number of sulfone groups is 1. The molecular weight excluding hydrogens is 330 g/mol. The van der Waals surface area contributed by atoms with Crippen LogP contribution >= 0.6 is 0 Å². The molecule has 0 saturated heterocycles. The summed E-state index contributed by atoms with van der Waals surface area (Å²) in [4.78, 5) is -0.0666. The highest BCUT2D eigenvalue weighted by molar-refractivity contribution is 7.93. The van der Waals surface area contributed by atoms with Crippen molar-refractivity contribution in [1.29, 1.82) is 0 Å². The molecule has 1 rings (SSSR count). The van der Waals surface area contributed by atoms with E-state index < -0.39 is 20.0 Å². The summed E-state index contributed by atoms with van der Waals surface area (Å²) in [5, 5.41) is 1.08. The summed E-state index contributed by atoms with van der Waals surface area (Å²) in [5.74, 6) is 0. The Balaban J connectivity index is 0.000000401. The zero-order chi connectivity index (χ0) is 17.4. The van der Waals surface area contributed by atoms with Crippen LogP contribution in [0.15, 0.2) is 40.6 Å². The van der Waals surface area contributed by atoms with Crippen LogP contribution < -0.4 is 5.73 Å². The van der Waals surface area contributed by atoms with Gasteiger partial charge in [0.1, 0.15) is 0 Å². The lowest BCUT2D eigenvalue weighted by molar-refractivity contribution is 0.192. The Hall–Kier alpha value is -1.26. The van der Waals surface area contributed by atoms with Crippen molar-refractivity contribution < 1.29 is 26.1 Å². The second-order valence-electron chi connectivity index (χ2n) is 4.57. The molecule has 0 aliphatic rings. The van der Waals surface area contributed by atoms with E-state index in [2.05, 4.69) is 0 Å². The lowest BCUT2D eigenvalue weighted by atomic mass is 10.2. The van der Waals surface area contributed by atoms with Crippen molar-refractivity contribution in [2.24, 2.45) is 5.73 Å². The van der Waals surface area contributed by atoms with Gasteiger partial charge < -0.3 is 10.5 Å². The van der Waals surface area contributed by atoms with Gasteiger partial charge in [0.25, 0.3) is 10.1 Å². The summed E-state index contributed by atoms with van der Waals surface area (Å²) >= 11 is 0. The fourth-order valence-electron chi connectivity index (χ4n) is 1.20. The van der Waals surface area contributed by atoms with Crippen LogP contribution in [-0.2, 0) is 24.7 Å². The Morgan fingerprint density at radius 1 is 1.23 bits per heavy atom. The zero-order valence-corrected chi connectivity index (χ0v) is 14.3. The Bertz CT molecular complexity index is 678. The topological polar surface area (TPSA) is 124 Å². The van der Waals surface area contributed by atoms with E-state index in [1.807, 2.05) is 6.92 Å². The summed E-state index contributed by atoms with van der Waals surface area (Å²) in [6.45, 7) is 2.17. The average molecular weight is 351 g/mol. The van der Waals surface area contributed by atoms with E-state index in [9.17, 15) is 16.8 Å². The quantitative estimate of drug-likeness (QED) is 0.750. The van der Waals surface area contributed by atoms with Gasteiger partial charge in [-0.05, 0) is 19.1 Å². The number of nitrogens with two attached hydrogens (primary N) is 1. The van der Waals surface area contributed by atoms with Crippen LogP contribution in [0, 0.1) is 6.92 Å². The van der Waals surface area contributed by atoms with Gasteiger partial charge in [-0.3, -0.25) is 4.55 Å². The molecule has 0 amide bonds. The molecule has 0 unspecified atom stereocenters. The van der Waals surface area contributed by atoms with Crippen LogP contribution in [0.3, 0.4) is 0 Å². The minimum Gasteiger partial charge on any atom is -0.383 e. The predicted octanol–water partition coefficient (Wildman–Crippen LogP) is 0.760. The van der Waals surface area contributed by atoms with Crippen LogP contribution in [0.4, 0.5) is 0 Å². The van der Waals surface area contributed by atoms with E-state index in [1.54, 1.807) is 12.1 Å². The maximum Gasteiger partial charge on any atom is 0.294 e. The number of benzene rings is 1. The summed E-state index contributed by atoms with van der Waals surface area (Å²) < 4.78 is 55.4. The number of hydrogen-bond acceptors (Lipinski definition) is 6. The Morgan fingerprint density at radius 3 is 2.09 bits per heavy atom. The van der Waals surface area contributed by atoms with Gasteiger partial charge in [0.05, 0.1) is 11.5 Å². The molecule has 0 radical (unpaired) electrons. The molecule has 0 aliphatic carbocycles. The van der Waals surface area contributed by atoms with E-state index in [0.29, 0.717) is 6.61 Å². The number of methoxy groups -OCH3 is 1. The standard InChI is InChI=1S/C7H8O3S.C6H13NO3S/c1-6-2-4-7(5-3-6)11(8,9)10;1-10-5-6(7)3-4-11(2,8)9/h2-5H,1H3,(H,8,9,10);3-4,6H,5,7H2,1-2H3/b;4-3+/t;6-/m.1/s1. The van der Waals surface area contributed by atoms with Crippen LogP contribution in [0.25, 0.3) is 0 Å². The van der Waals surface area contributed by atoms with Gasteiger partial charge in [0.2, 0.25) is 0 Å². The third kappa shape index (κ3) is 10.5. The predicted molar refractivity (Wildman–Crippen MR) is 84.8 cm³/mol. The van der Waals surface area contributed by atoms with Gasteiger partial charge in [-0.15, -0.1) is 0 Å². The Labute approximate surface area is 131 Å². The van der Waals surface area contributed by atoms with Crippen LogP contribution in [0.2, 0.25) is 0 Å². The normalized spacial score (nSPS) is 13.5. The van der Waals surface area contributed by atoms with Crippen molar-refractivity contribution in [2.45, 2.75) is 17.9 Å². The smallest absolute Gasteiger partial charge is 0.294 e. The molecule has 9 heteroatoms. The van der Waals surface area contributed by atoms with Crippen LogP contribution in [0.5, 0.6) is 0 Å². The molecular formula is C13H21NO6S2. The lowest BCUT2D eigenvalue weighted by Gasteiger charge is -2.02. The molecule has 1 aromatic rings. The van der Waals surface area contributed by atoms with Crippen molar-refractivity contribution >= 4 is 20.0 Å². The van der Waals surface area contributed by atoms with Crippen LogP contribution in [0.1, 0.15) is 5.56 Å². The first-order valence-corrected chi connectivity index (χ1v) is 9.52. The minimum absolute atomic E-state index is 0.0666. The van der Waals surface area contributed by atoms with E-state index in [-0.39, 0.29) is 10.9 Å². The zero-order valence-electron chi connectivity index (χ0n) is 12.6. The number of ether oxygens (including phenoxy) is 1. The second kappa shape index (κ2) is 9.01. The molecule has 0 aliphatic heterocycles. The van der Waals surface area contributed by atoms with Crippen molar-refractivity contribution in [3.8, 4) is 0 Å². The van der Waals surface area contributed by atoms with Crippen molar-refractivity contribution in [3.05, 3.63) is 41.3 Å². The highest BCUT2D eigenvalue weighted by Gasteiger charge is 2.06. The van der Waals surface area contributed by atoms with Crippen molar-refractivity contribution in [1.82, 2.24) is 0 Å². The molecule has 7 nitrogen and oxygen atoms in total. The van der Waals surface area contributed by atoms with Gasteiger partial charge in [-0.1, -0.05) is 23.8 Å². The van der Waals surface area contributed by atoms with Gasteiger partial charge in [-0.25, -0.2) is 8.42 Å². The van der Waals surface area contributed by atoms with Gasteiger partial charge >= 0.3 is 0 Å². The third-order valence-corrected chi connectivity index (χ3v) is 3.77. The Kier molecular flexibility index (Phi) is 8.49. The largest absolute Gasteiger partial charge is 0.383 e. The fraction of sp³-hybridized carbons (Fsp3) is 0.385. The molecule has 0 saturated carbocycles. The lowest BCUT2D eigenvalue weighted by Crippen LogP contribution is -2.22. The molecule has 0 heterocycles. The van der Waals surface area contributed by atoms with Crippen molar-refractivity contribution in [2.75, 3.05) is 20.0 Å². The molecule has 3 N–H and O–H groups in total. The first-order chi connectivity index (χ1) is 9.95. The molecule has 22 heavy (non-hydrogen) atoms. The van der Waals surface area contributed by atoms with Crippen molar-refractivity contribution in [3.63, 3.8) is 0 Å². The molecule has 1 atom stereocenters. The number of rotatable bonds is 5. The highest BCUT2D eigenvalue weighted by Crippen LogP contribution is 2.08. The Morgan fingerprint density at radius 2 is 1.73 bits per heavy atom. The molecule has 0 spiro atoms. The minimum atomic E-state index is -4.02. The fourth-order valence-corrected chi connectivity index (χ4v) is 2.17. The first kappa shape index (κ1) is 20.7. The summed E-state index contributed by atoms with van der Waals surface area (Å²) in [6, 6.07) is 5.64. The number of aryl methyl sites for hydroxylation is 1. The van der Waals surface area contributed by atoms with Crippen LogP contribution in [-0.4, -0.2) is 47.4 Å². The molecule has 1 aromatic carbocycles. The van der Waals surface area contributed by atoms with E-state index >= 15 is 0 Å². The average Bonchev–Trinajstić information content (AvgIpc) is 2.36. The third-order valence-electron chi connectivity index (χ3n) is 2.25. The SMILES string of the molecule is COC[C@H](N)/C=C/S(C)(=O)=O.Cc1ccc(S(=O)(=O)O)cc1. The maximum atomic E-state index is 10.6. The molecule has 126 valence electrons. The van der Waals surface area contributed by atoms with E-state index in [0.717, 1.165) is 17.2 Å².